The average Bonchev–Trinajstić information content (AvgIpc) is 2.73. The number of nitrogens with one attached hydrogen (secondary N) is 1. The van der Waals surface area contributed by atoms with Crippen LogP contribution in [0.3, 0.4) is 0 Å². The molecular weight excluding hydrogens is 340 g/mol. The van der Waals surface area contributed by atoms with Crippen molar-refractivity contribution in [3.63, 3.8) is 0 Å². The Morgan fingerprint density at radius 2 is 1.78 bits per heavy atom. The highest BCUT2D eigenvalue weighted by molar-refractivity contribution is 5.67. The van der Waals surface area contributed by atoms with E-state index in [2.05, 4.69) is 11.4 Å². The van der Waals surface area contributed by atoms with Crippen molar-refractivity contribution in [1.82, 2.24) is 10.2 Å². The van der Waals surface area contributed by atoms with Gasteiger partial charge in [-0.3, -0.25) is 0 Å². The molecule has 5 heteroatoms. The topological polar surface area (TPSA) is 50.8 Å². The molecule has 0 saturated carbocycles. The predicted octanol–water partition coefficient (Wildman–Crippen LogP) is 3.63. The van der Waals surface area contributed by atoms with Crippen LogP contribution in [0.1, 0.15) is 24.0 Å². The van der Waals surface area contributed by atoms with Crippen LogP contribution in [0, 0.1) is 0 Å². The van der Waals surface area contributed by atoms with Crippen molar-refractivity contribution >= 4 is 6.09 Å². The van der Waals surface area contributed by atoms with Crippen LogP contribution in [-0.2, 0) is 17.8 Å². The first-order valence-corrected chi connectivity index (χ1v) is 9.57. The largest absolute Gasteiger partial charge is 0.496 e. The van der Waals surface area contributed by atoms with Gasteiger partial charge in [0.05, 0.1) is 7.11 Å². The summed E-state index contributed by atoms with van der Waals surface area (Å²) in [5, 5.41) is 3.60. The van der Waals surface area contributed by atoms with Gasteiger partial charge in [0.1, 0.15) is 12.4 Å². The molecule has 2 aromatic rings. The van der Waals surface area contributed by atoms with E-state index < -0.39 is 0 Å². The fraction of sp³-hybridized carbons (Fsp3) is 0.409. The molecule has 5 nitrogen and oxygen atoms in total. The van der Waals surface area contributed by atoms with Crippen LogP contribution in [-0.4, -0.2) is 43.8 Å². The SMILES string of the molecule is COc1ccccc1CCNC1CCN(C(=O)OCc2ccccc2)CC1. The van der Waals surface area contributed by atoms with Crippen LogP contribution < -0.4 is 10.1 Å². The lowest BCUT2D eigenvalue weighted by atomic mass is 10.0. The molecule has 1 fully saturated rings. The second-order valence-corrected chi connectivity index (χ2v) is 6.82. The first-order chi connectivity index (χ1) is 13.3. The van der Waals surface area contributed by atoms with Crippen molar-refractivity contribution < 1.29 is 14.3 Å². The van der Waals surface area contributed by atoms with Gasteiger partial charge in [-0.25, -0.2) is 4.79 Å². The lowest BCUT2D eigenvalue weighted by Crippen LogP contribution is -2.45. The molecule has 0 spiro atoms. The van der Waals surface area contributed by atoms with E-state index in [0.717, 1.165) is 50.2 Å². The highest BCUT2D eigenvalue weighted by Crippen LogP contribution is 2.18. The Balaban J connectivity index is 1.35. The summed E-state index contributed by atoms with van der Waals surface area (Å²) in [5.41, 5.74) is 2.23. The van der Waals surface area contributed by atoms with Crippen molar-refractivity contribution in [2.75, 3.05) is 26.7 Å². The van der Waals surface area contributed by atoms with Crippen LogP contribution in [0.25, 0.3) is 0 Å². The highest BCUT2D eigenvalue weighted by atomic mass is 16.6. The van der Waals surface area contributed by atoms with Crippen LogP contribution in [0.2, 0.25) is 0 Å². The zero-order valence-electron chi connectivity index (χ0n) is 15.9. The highest BCUT2D eigenvalue weighted by Gasteiger charge is 2.23. The minimum Gasteiger partial charge on any atom is -0.496 e. The third-order valence-corrected chi connectivity index (χ3v) is 4.98. The van der Waals surface area contributed by atoms with Crippen molar-refractivity contribution in [2.45, 2.75) is 31.9 Å². The summed E-state index contributed by atoms with van der Waals surface area (Å²) < 4.78 is 10.8. The number of carbonyl (C=O) groups is 1. The molecule has 1 heterocycles. The average molecular weight is 368 g/mol. The number of rotatable bonds is 7. The maximum atomic E-state index is 12.2. The number of benzene rings is 2. The van der Waals surface area contributed by atoms with Gasteiger partial charge < -0.3 is 19.7 Å². The summed E-state index contributed by atoms with van der Waals surface area (Å²) >= 11 is 0. The number of hydrogen-bond donors (Lipinski definition) is 1. The van der Waals surface area contributed by atoms with Crippen LogP contribution in [0.4, 0.5) is 4.79 Å². The van der Waals surface area contributed by atoms with Gasteiger partial charge >= 0.3 is 6.09 Å². The van der Waals surface area contributed by atoms with Crippen LogP contribution >= 0.6 is 0 Å². The molecule has 1 aliphatic rings. The monoisotopic (exact) mass is 368 g/mol. The van der Waals surface area contributed by atoms with Gasteiger partial charge in [-0.15, -0.1) is 0 Å². The van der Waals surface area contributed by atoms with Gasteiger partial charge in [-0.1, -0.05) is 48.5 Å². The first-order valence-electron chi connectivity index (χ1n) is 9.57. The molecule has 144 valence electrons. The third-order valence-electron chi connectivity index (χ3n) is 4.98. The molecular formula is C22H28N2O3. The second-order valence-electron chi connectivity index (χ2n) is 6.82. The molecule has 2 aromatic carbocycles. The van der Waals surface area contributed by atoms with E-state index in [1.165, 1.54) is 5.56 Å². The molecule has 1 aliphatic heterocycles. The Kier molecular flexibility index (Phi) is 7.11. The van der Waals surface area contributed by atoms with E-state index in [9.17, 15) is 4.79 Å². The third kappa shape index (κ3) is 5.73. The van der Waals surface area contributed by atoms with E-state index >= 15 is 0 Å². The van der Waals surface area contributed by atoms with E-state index in [4.69, 9.17) is 9.47 Å². The lowest BCUT2D eigenvalue weighted by Gasteiger charge is -2.31. The normalized spacial score (nSPS) is 14.8. The van der Waals surface area contributed by atoms with Crippen molar-refractivity contribution in [2.24, 2.45) is 0 Å². The number of piperidine rings is 1. The van der Waals surface area contributed by atoms with Crippen LogP contribution in [0.15, 0.2) is 54.6 Å². The summed E-state index contributed by atoms with van der Waals surface area (Å²) in [4.78, 5) is 14.0. The summed E-state index contributed by atoms with van der Waals surface area (Å²) in [6.07, 6.45) is 2.62. The fourth-order valence-corrected chi connectivity index (χ4v) is 3.40. The van der Waals surface area contributed by atoms with Crippen molar-refractivity contribution in [3.05, 3.63) is 65.7 Å². The van der Waals surface area contributed by atoms with Gasteiger partial charge in [-0.2, -0.15) is 0 Å². The number of nitrogens with zero attached hydrogens (tertiary/aromatic N) is 1. The molecule has 0 unspecified atom stereocenters. The number of hydrogen-bond acceptors (Lipinski definition) is 4. The molecule has 0 bridgehead atoms. The minimum absolute atomic E-state index is 0.216. The maximum absolute atomic E-state index is 12.2. The Hall–Kier alpha value is -2.53. The molecule has 0 radical (unpaired) electrons. The van der Waals surface area contributed by atoms with E-state index in [1.54, 1.807) is 12.0 Å². The molecule has 1 N–H and O–H groups in total. The predicted molar refractivity (Wildman–Crippen MR) is 106 cm³/mol. The van der Waals surface area contributed by atoms with Crippen LogP contribution in [0.5, 0.6) is 5.75 Å². The molecule has 0 atom stereocenters. The Morgan fingerprint density at radius 1 is 1.07 bits per heavy atom. The molecule has 0 aliphatic carbocycles. The second kappa shape index (κ2) is 9.97. The Bertz CT molecular complexity index is 713. The number of carbonyl (C=O) groups excluding carboxylic acids is 1. The van der Waals surface area contributed by atoms with E-state index in [1.807, 2.05) is 48.5 Å². The maximum Gasteiger partial charge on any atom is 0.410 e. The van der Waals surface area contributed by atoms with Crippen molar-refractivity contribution in [1.29, 1.82) is 0 Å². The number of amides is 1. The fourth-order valence-electron chi connectivity index (χ4n) is 3.40. The van der Waals surface area contributed by atoms with Crippen molar-refractivity contribution in [3.8, 4) is 5.75 Å². The number of likely N-dealkylation sites (tertiary alicyclic amines) is 1. The molecule has 3 rings (SSSR count). The lowest BCUT2D eigenvalue weighted by molar-refractivity contribution is 0.0853. The summed E-state index contributed by atoms with van der Waals surface area (Å²) in [7, 11) is 1.71. The zero-order valence-corrected chi connectivity index (χ0v) is 15.9. The first kappa shape index (κ1) is 19.2. The van der Waals surface area contributed by atoms with Gasteiger partial charge in [-0.05, 0) is 43.0 Å². The zero-order chi connectivity index (χ0) is 18.9. The number of ether oxygens (including phenoxy) is 2. The van der Waals surface area contributed by atoms with Gasteiger partial charge in [0, 0.05) is 19.1 Å². The minimum atomic E-state index is -0.216. The number of para-hydroxylation sites is 1. The smallest absolute Gasteiger partial charge is 0.410 e. The van der Waals surface area contributed by atoms with E-state index in [-0.39, 0.29) is 6.09 Å². The number of methoxy groups -OCH3 is 1. The van der Waals surface area contributed by atoms with Gasteiger partial charge in [0.15, 0.2) is 0 Å². The molecule has 27 heavy (non-hydrogen) atoms. The standard InChI is InChI=1S/C22H28N2O3/c1-26-21-10-6-5-9-19(21)11-14-23-20-12-15-24(16-13-20)22(25)27-17-18-7-3-2-4-8-18/h2-10,20,23H,11-17H2,1H3. The summed E-state index contributed by atoms with van der Waals surface area (Å²) in [5.74, 6) is 0.940. The van der Waals surface area contributed by atoms with E-state index in [0.29, 0.717) is 12.6 Å². The molecule has 1 amide bonds. The Labute approximate surface area is 161 Å². The summed E-state index contributed by atoms with van der Waals surface area (Å²) in [6, 6.07) is 18.3. The Morgan fingerprint density at radius 3 is 2.52 bits per heavy atom. The molecule has 1 saturated heterocycles. The summed E-state index contributed by atoms with van der Waals surface area (Å²) in [6.45, 7) is 2.71. The van der Waals surface area contributed by atoms with Gasteiger partial charge in [0.25, 0.3) is 0 Å². The molecule has 0 aromatic heterocycles. The van der Waals surface area contributed by atoms with Gasteiger partial charge in [0.2, 0.25) is 0 Å². The quantitative estimate of drug-likeness (QED) is 0.811.